The van der Waals surface area contributed by atoms with Gasteiger partial charge in [-0.3, -0.25) is 9.79 Å². The maximum atomic E-state index is 12.5. The first kappa shape index (κ1) is 24.1. The average Bonchev–Trinajstić information content (AvgIpc) is 2.60. The van der Waals surface area contributed by atoms with Gasteiger partial charge in [0.2, 0.25) is 5.91 Å². The van der Waals surface area contributed by atoms with E-state index in [1.807, 2.05) is 6.92 Å². The second-order valence-corrected chi connectivity index (χ2v) is 4.98. The summed E-state index contributed by atoms with van der Waals surface area (Å²) in [6, 6.07) is 4.54. The van der Waals surface area contributed by atoms with E-state index < -0.39 is 6.61 Å². The fourth-order valence-corrected chi connectivity index (χ4v) is 1.92. The van der Waals surface area contributed by atoms with E-state index in [0.29, 0.717) is 23.8 Å². The van der Waals surface area contributed by atoms with Crippen molar-refractivity contribution in [3.8, 4) is 11.5 Å². The van der Waals surface area contributed by atoms with E-state index in [9.17, 15) is 13.6 Å². The fraction of sp³-hybridized carbons (Fsp3) is 0.500. The van der Waals surface area contributed by atoms with Crippen molar-refractivity contribution in [3.05, 3.63) is 23.8 Å². The Morgan fingerprint density at radius 3 is 2.58 bits per heavy atom. The number of hydrogen-bond acceptors (Lipinski definition) is 4. The van der Waals surface area contributed by atoms with Crippen LogP contribution in [0, 0.1) is 0 Å². The van der Waals surface area contributed by atoms with E-state index in [0.717, 1.165) is 6.42 Å². The average molecular weight is 486 g/mol. The van der Waals surface area contributed by atoms with Crippen molar-refractivity contribution in [2.45, 2.75) is 26.5 Å². The number of benzene rings is 1. The van der Waals surface area contributed by atoms with E-state index in [2.05, 4.69) is 25.7 Å². The third-order valence-corrected chi connectivity index (χ3v) is 3.14. The van der Waals surface area contributed by atoms with Crippen LogP contribution in [0.5, 0.6) is 11.5 Å². The zero-order valence-electron chi connectivity index (χ0n) is 15.0. The highest BCUT2D eigenvalue weighted by atomic mass is 127. The Hall–Kier alpha value is -1.85. The van der Waals surface area contributed by atoms with Gasteiger partial charge < -0.3 is 25.4 Å². The molecule has 3 N–H and O–H groups in total. The molecule has 1 rings (SSSR count). The van der Waals surface area contributed by atoms with Crippen molar-refractivity contribution in [1.82, 2.24) is 16.0 Å². The van der Waals surface area contributed by atoms with Gasteiger partial charge in [-0.25, -0.2) is 0 Å². The Morgan fingerprint density at radius 1 is 1.27 bits per heavy atom. The number of alkyl halides is 2. The standard InChI is InChI=1S/C16H24F2N4O3.HI/c1-4-7-20-14(23)10-22-16(19-2)21-9-11-8-12(24-3)5-6-13(11)25-15(17)18;/h5-6,8,15H,4,7,9-10H2,1-3H3,(H,20,23)(H2,19,21,22);1H. The lowest BCUT2D eigenvalue weighted by Crippen LogP contribution is -2.43. The monoisotopic (exact) mass is 486 g/mol. The van der Waals surface area contributed by atoms with Gasteiger partial charge in [0.15, 0.2) is 5.96 Å². The lowest BCUT2D eigenvalue weighted by molar-refractivity contribution is -0.120. The summed E-state index contributed by atoms with van der Waals surface area (Å²) in [4.78, 5) is 15.6. The summed E-state index contributed by atoms with van der Waals surface area (Å²) in [6.07, 6.45) is 0.849. The fourth-order valence-electron chi connectivity index (χ4n) is 1.92. The zero-order valence-corrected chi connectivity index (χ0v) is 17.3. The van der Waals surface area contributed by atoms with Crippen LogP contribution in [0.25, 0.3) is 0 Å². The van der Waals surface area contributed by atoms with Gasteiger partial charge in [0.25, 0.3) is 0 Å². The minimum atomic E-state index is -2.92. The van der Waals surface area contributed by atoms with Crippen LogP contribution in [0.4, 0.5) is 8.78 Å². The van der Waals surface area contributed by atoms with Crippen molar-refractivity contribution < 1.29 is 23.0 Å². The number of nitrogens with zero attached hydrogens (tertiary/aromatic N) is 1. The summed E-state index contributed by atoms with van der Waals surface area (Å²) in [5, 5.41) is 8.51. The molecular formula is C16H25F2IN4O3. The second-order valence-electron chi connectivity index (χ2n) is 4.98. The molecule has 0 aliphatic heterocycles. The van der Waals surface area contributed by atoms with Crippen molar-refractivity contribution in [2.75, 3.05) is 27.2 Å². The number of aliphatic imine (C=N–C) groups is 1. The van der Waals surface area contributed by atoms with Crippen LogP contribution in [0.3, 0.4) is 0 Å². The summed E-state index contributed by atoms with van der Waals surface area (Å²) in [5.74, 6) is 0.755. The molecule has 0 saturated heterocycles. The molecule has 0 spiro atoms. The van der Waals surface area contributed by atoms with Crippen LogP contribution < -0.4 is 25.4 Å². The number of hydrogen-bond donors (Lipinski definition) is 3. The van der Waals surface area contributed by atoms with E-state index in [-0.39, 0.29) is 48.7 Å². The highest BCUT2D eigenvalue weighted by Gasteiger charge is 2.12. The first-order chi connectivity index (χ1) is 12.0. The molecule has 0 aliphatic carbocycles. The summed E-state index contributed by atoms with van der Waals surface area (Å²) >= 11 is 0. The quantitative estimate of drug-likeness (QED) is 0.283. The molecule has 0 bridgehead atoms. The van der Waals surface area contributed by atoms with Gasteiger partial charge in [-0.15, -0.1) is 24.0 Å². The largest absolute Gasteiger partial charge is 0.497 e. The molecule has 10 heteroatoms. The molecular weight excluding hydrogens is 461 g/mol. The Kier molecular flexibility index (Phi) is 12.4. The van der Waals surface area contributed by atoms with Gasteiger partial charge in [0.1, 0.15) is 11.5 Å². The SMILES string of the molecule is CCCNC(=O)CNC(=NC)NCc1cc(OC)ccc1OC(F)F.I. The van der Waals surface area contributed by atoms with Gasteiger partial charge >= 0.3 is 6.61 Å². The van der Waals surface area contributed by atoms with E-state index in [1.165, 1.54) is 19.2 Å². The molecule has 1 aromatic rings. The molecule has 0 heterocycles. The lowest BCUT2D eigenvalue weighted by atomic mass is 10.2. The van der Waals surface area contributed by atoms with Crippen molar-refractivity contribution in [2.24, 2.45) is 4.99 Å². The first-order valence-electron chi connectivity index (χ1n) is 7.83. The Balaban J connectivity index is 0.00000625. The van der Waals surface area contributed by atoms with Crippen molar-refractivity contribution in [3.63, 3.8) is 0 Å². The van der Waals surface area contributed by atoms with Crippen LogP contribution in [0.1, 0.15) is 18.9 Å². The molecule has 0 unspecified atom stereocenters. The summed E-state index contributed by atoms with van der Waals surface area (Å²) < 4.78 is 34.6. The molecule has 7 nitrogen and oxygen atoms in total. The smallest absolute Gasteiger partial charge is 0.387 e. The van der Waals surface area contributed by atoms with Gasteiger partial charge in [-0.1, -0.05) is 6.92 Å². The van der Waals surface area contributed by atoms with E-state index in [4.69, 9.17) is 4.74 Å². The Morgan fingerprint density at radius 2 is 2.00 bits per heavy atom. The molecule has 0 aliphatic rings. The number of amides is 1. The van der Waals surface area contributed by atoms with Crippen molar-refractivity contribution in [1.29, 1.82) is 0 Å². The minimum absolute atomic E-state index is 0. The van der Waals surface area contributed by atoms with E-state index >= 15 is 0 Å². The highest BCUT2D eigenvalue weighted by molar-refractivity contribution is 14.0. The number of rotatable bonds is 9. The Bertz CT molecular complexity index is 589. The van der Waals surface area contributed by atoms with Gasteiger partial charge in [-0.2, -0.15) is 8.78 Å². The predicted octanol–water partition coefficient (Wildman–Crippen LogP) is 2.11. The molecule has 148 valence electrons. The van der Waals surface area contributed by atoms with Crippen molar-refractivity contribution >= 4 is 35.8 Å². The third kappa shape index (κ3) is 9.02. The van der Waals surface area contributed by atoms with Gasteiger partial charge in [0.05, 0.1) is 13.7 Å². The number of methoxy groups -OCH3 is 1. The van der Waals surface area contributed by atoms with Crippen LogP contribution in [0.15, 0.2) is 23.2 Å². The van der Waals surface area contributed by atoms with Gasteiger partial charge in [-0.05, 0) is 24.6 Å². The van der Waals surface area contributed by atoms with E-state index in [1.54, 1.807) is 13.1 Å². The van der Waals surface area contributed by atoms with Crippen LogP contribution in [-0.4, -0.2) is 45.7 Å². The molecule has 1 aromatic carbocycles. The van der Waals surface area contributed by atoms with Gasteiger partial charge in [0, 0.05) is 25.7 Å². The zero-order chi connectivity index (χ0) is 18.7. The number of carbonyl (C=O) groups excluding carboxylic acids is 1. The minimum Gasteiger partial charge on any atom is -0.497 e. The maximum Gasteiger partial charge on any atom is 0.387 e. The number of guanidine groups is 1. The number of carbonyl (C=O) groups is 1. The molecule has 0 atom stereocenters. The molecule has 0 aromatic heterocycles. The predicted molar refractivity (Wildman–Crippen MR) is 107 cm³/mol. The normalized spacial score (nSPS) is 10.8. The lowest BCUT2D eigenvalue weighted by Gasteiger charge is -2.15. The third-order valence-electron chi connectivity index (χ3n) is 3.14. The molecule has 0 fully saturated rings. The summed E-state index contributed by atoms with van der Waals surface area (Å²) in [6.45, 7) is -0.147. The molecule has 0 radical (unpaired) electrons. The summed E-state index contributed by atoms with van der Waals surface area (Å²) in [5.41, 5.74) is 0.470. The number of ether oxygens (including phenoxy) is 2. The Labute approximate surface area is 168 Å². The molecule has 1 amide bonds. The molecule has 0 saturated carbocycles. The summed E-state index contributed by atoms with van der Waals surface area (Å²) in [7, 11) is 3.02. The second kappa shape index (κ2) is 13.4. The van der Waals surface area contributed by atoms with Crippen LogP contribution in [-0.2, 0) is 11.3 Å². The topological polar surface area (TPSA) is 84.0 Å². The highest BCUT2D eigenvalue weighted by Crippen LogP contribution is 2.25. The maximum absolute atomic E-state index is 12.5. The van der Waals surface area contributed by atoms with Crippen LogP contribution >= 0.6 is 24.0 Å². The number of halogens is 3. The first-order valence-corrected chi connectivity index (χ1v) is 7.83. The molecule has 26 heavy (non-hydrogen) atoms. The van der Waals surface area contributed by atoms with Crippen LogP contribution in [0.2, 0.25) is 0 Å². The number of nitrogens with one attached hydrogen (secondary N) is 3.